The molecule has 2 rings (SSSR count). The molecular weight excluding hydrogens is 349 g/mol. The molecule has 134 valence electrons. The number of carbonyl (C=O) groups is 1. The minimum absolute atomic E-state index is 0.0531. The van der Waals surface area contributed by atoms with Gasteiger partial charge in [-0.2, -0.15) is 4.72 Å². The van der Waals surface area contributed by atoms with E-state index in [9.17, 15) is 17.6 Å². The normalized spacial score (nSPS) is 11.1. The van der Waals surface area contributed by atoms with Gasteiger partial charge in [0.2, 0.25) is 10.0 Å². The van der Waals surface area contributed by atoms with Crippen LogP contribution >= 0.6 is 0 Å². The highest BCUT2D eigenvalue weighted by atomic mass is 32.2. The molecule has 0 fully saturated rings. The number of ether oxygens (including phenoxy) is 2. The second kappa shape index (κ2) is 8.59. The van der Waals surface area contributed by atoms with E-state index in [2.05, 4.69) is 4.72 Å². The fraction of sp³-hybridized carbons (Fsp3) is 0.235. The van der Waals surface area contributed by atoms with Crippen molar-refractivity contribution < 1.29 is 27.1 Å². The molecule has 2 aromatic carbocycles. The molecule has 0 aliphatic heterocycles. The van der Waals surface area contributed by atoms with E-state index in [0.29, 0.717) is 5.75 Å². The van der Waals surface area contributed by atoms with Gasteiger partial charge in [-0.15, -0.1) is 0 Å². The van der Waals surface area contributed by atoms with Gasteiger partial charge in [-0.3, -0.25) is 4.79 Å². The predicted molar refractivity (Wildman–Crippen MR) is 89.2 cm³/mol. The fourth-order valence-electron chi connectivity index (χ4n) is 1.85. The Morgan fingerprint density at radius 1 is 1.04 bits per heavy atom. The Balaban J connectivity index is 1.71. The van der Waals surface area contributed by atoms with Crippen LogP contribution in [0.1, 0.15) is 5.56 Å². The van der Waals surface area contributed by atoms with Crippen LogP contribution in [0.5, 0.6) is 5.75 Å². The summed E-state index contributed by atoms with van der Waals surface area (Å²) in [6.07, 6.45) is 0. The van der Waals surface area contributed by atoms with Crippen LogP contribution in [0.15, 0.2) is 53.4 Å². The monoisotopic (exact) mass is 367 g/mol. The molecule has 0 atom stereocenters. The third-order valence-corrected chi connectivity index (χ3v) is 4.58. The van der Waals surface area contributed by atoms with Crippen molar-refractivity contribution in [3.63, 3.8) is 0 Å². The molecule has 0 bridgehead atoms. The molecule has 0 heterocycles. The van der Waals surface area contributed by atoms with E-state index >= 15 is 0 Å². The average molecular weight is 367 g/mol. The topological polar surface area (TPSA) is 81.7 Å². The largest absolute Gasteiger partial charge is 0.490 e. The number of rotatable bonds is 8. The number of benzene rings is 2. The summed E-state index contributed by atoms with van der Waals surface area (Å²) in [5.41, 5.74) is 0.930. The van der Waals surface area contributed by atoms with E-state index < -0.39 is 22.5 Å². The van der Waals surface area contributed by atoms with E-state index in [-0.39, 0.29) is 23.9 Å². The molecule has 6 nitrogen and oxygen atoms in total. The van der Waals surface area contributed by atoms with Gasteiger partial charge < -0.3 is 9.47 Å². The zero-order valence-corrected chi connectivity index (χ0v) is 14.4. The van der Waals surface area contributed by atoms with Crippen molar-refractivity contribution in [3.05, 3.63) is 59.9 Å². The summed E-state index contributed by atoms with van der Waals surface area (Å²) in [7, 11) is -3.77. The summed E-state index contributed by atoms with van der Waals surface area (Å²) in [6.45, 7) is 1.38. The van der Waals surface area contributed by atoms with Gasteiger partial charge in [-0.05, 0) is 43.3 Å². The third-order valence-electron chi connectivity index (χ3n) is 3.17. The zero-order valence-electron chi connectivity index (χ0n) is 13.6. The van der Waals surface area contributed by atoms with Gasteiger partial charge in [-0.25, -0.2) is 12.8 Å². The summed E-state index contributed by atoms with van der Waals surface area (Å²) in [6, 6.07) is 11.7. The van der Waals surface area contributed by atoms with Gasteiger partial charge >= 0.3 is 5.97 Å². The number of hydrogen-bond acceptors (Lipinski definition) is 5. The molecule has 8 heteroatoms. The number of halogens is 1. The first kappa shape index (κ1) is 18.9. The molecule has 0 unspecified atom stereocenters. The molecule has 0 saturated heterocycles. The van der Waals surface area contributed by atoms with E-state index in [1.165, 1.54) is 36.4 Å². The maximum absolute atomic E-state index is 12.7. The standard InChI is InChI=1S/C17H18FNO5S/c1-13-2-8-16(9-3-13)25(21,22)19-12-17(20)24-11-10-23-15-6-4-14(18)5-7-15/h2-9,19H,10-12H2,1H3. The minimum Gasteiger partial charge on any atom is -0.490 e. The molecule has 2 aromatic rings. The van der Waals surface area contributed by atoms with Gasteiger partial charge in [0.25, 0.3) is 0 Å². The highest BCUT2D eigenvalue weighted by Gasteiger charge is 2.15. The average Bonchev–Trinajstić information content (AvgIpc) is 2.59. The highest BCUT2D eigenvalue weighted by molar-refractivity contribution is 7.89. The van der Waals surface area contributed by atoms with Crippen molar-refractivity contribution >= 4 is 16.0 Å². The number of hydrogen-bond donors (Lipinski definition) is 1. The van der Waals surface area contributed by atoms with E-state index in [4.69, 9.17) is 9.47 Å². The minimum atomic E-state index is -3.77. The number of sulfonamides is 1. The first-order chi connectivity index (χ1) is 11.9. The van der Waals surface area contributed by atoms with Crippen molar-refractivity contribution in [2.45, 2.75) is 11.8 Å². The van der Waals surface area contributed by atoms with Crippen LogP contribution in [0.4, 0.5) is 4.39 Å². The first-order valence-electron chi connectivity index (χ1n) is 7.47. The summed E-state index contributed by atoms with van der Waals surface area (Å²) in [4.78, 5) is 11.7. The van der Waals surface area contributed by atoms with Crippen LogP contribution in [0.3, 0.4) is 0 Å². The van der Waals surface area contributed by atoms with E-state index in [1.54, 1.807) is 12.1 Å². The number of carbonyl (C=O) groups excluding carboxylic acids is 1. The predicted octanol–water partition coefficient (Wildman–Crippen LogP) is 2.03. The van der Waals surface area contributed by atoms with Gasteiger partial charge in [0.1, 0.15) is 31.3 Å². The lowest BCUT2D eigenvalue weighted by Gasteiger charge is -2.09. The molecule has 0 saturated carbocycles. The summed E-state index contributed by atoms with van der Waals surface area (Å²) in [5.74, 6) is -0.657. The van der Waals surface area contributed by atoms with Gasteiger partial charge in [0, 0.05) is 0 Å². The molecule has 1 N–H and O–H groups in total. The second-order valence-electron chi connectivity index (χ2n) is 5.16. The highest BCUT2D eigenvalue weighted by Crippen LogP contribution is 2.11. The molecule has 0 aliphatic rings. The Kier molecular flexibility index (Phi) is 6.49. The zero-order chi connectivity index (χ0) is 18.3. The molecule has 0 aliphatic carbocycles. The lowest BCUT2D eigenvalue weighted by Crippen LogP contribution is -2.31. The molecular formula is C17H18FNO5S. The Hall–Kier alpha value is -2.45. The Labute approximate surface area is 145 Å². The number of esters is 1. The van der Waals surface area contributed by atoms with E-state index in [0.717, 1.165) is 5.56 Å². The summed E-state index contributed by atoms with van der Waals surface area (Å²) < 4.78 is 49.1. The van der Waals surface area contributed by atoms with Crippen molar-refractivity contribution in [2.24, 2.45) is 0 Å². The Morgan fingerprint density at radius 3 is 2.32 bits per heavy atom. The van der Waals surface area contributed by atoms with Crippen LogP contribution in [0.2, 0.25) is 0 Å². The van der Waals surface area contributed by atoms with E-state index in [1.807, 2.05) is 6.92 Å². The fourth-order valence-corrected chi connectivity index (χ4v) is 2.82. The number of nitrogens with one attached hydrogen (secondary N) is 1. The lowest BCUT2D eigenvalue weighted by atomic mass is 10.2. The van der Waals surface area contributed by atoms with Crippen LogP contribution in [0.25, 0.3) is 0 Å². The molecule has 0 amide bonds. The van der Waals surface area contributed by atoms with Gasteiger partial charge in [-0.1, -0.05) is 17.7 Å². The Morgan fingerprint density at radius 2 is 1.68 bits per heavy atom. The summed E-state index contributed by atoms with van der Waals surface area (Å²) >= 11 is 0. The van der Waals surface area contributed by atoms with Crippen molar-refractivity contribution in [1.82, 2.24) is 4.72 Å². The third kappa shape index (κ3) is 6.17. The van der Waals surface area contributed by atoms with Crippen LogP contribution in [-0.2, 0) is 19.6 Å². The number of aryl methyl sites for hydroxylation is 1. The van der Waals surface area contributed by atoms with Gasteiger partial charge in [0.05, 0.1) is 4.90 Å². The van der Waals surface area contributed by atoms with Gasteiger partial charge in [0.15, 0.2) is 0 Å². The van der Waals surface area contributed by atoms with Crippen molar-refractivity contribution in [2.75, 3.05) is 19.8 Å². The molecule has 0 radical (unpaired) electrons. The first-order valence-corrected chi connectivity index (χ1v) is 8.95. The van der Waals surface area contributed by atoms with Crippen molar-refractivity contribution in [1.29, 1.82) is 0 Å². The maximum atomic E-state index is 12.7. The Bertz CT molecular complexity index is 804. The smallest absolute Gasteiger partial charge is 0.321 e. The quantitative estimate of drug-likeness (QED) is 0.570. The summed E-state index contributed by atoms with van der Waals surface area (Å²) in [5, 5.41) is 0. The van der Waals surface area contributed by atoms with Crippen LogP contribution in [-0.4, -0.2) is 34.1 Å². The van der Waals surface area contributed by atoms with Crippen molar-refractivity contribution in [3.8, 4) is 5.75 Å². The molecule has 0 aromatic heterocycles. The molecule has 25 heavy (non-hydrogen) atoms. The SMILES string of the molecule is Cc1ccc(S(=O)(=O)NCC(=O)OCCOc2ccc(F)cc2)cc1. The second-order valence-corrected chi connectivity index (χ2v) is 6.93. The van der Waals surface area contributed by atoms with Crippen LogP contribution in [0, 0.1) is 12.7 Å². The van der Waals surface area contributed by atoms with Crippen LogP contribution < -0.4 is 9.46 Å². The molecule has 0 spiro atoms. The maximum Gasteiger partial charge on any atom is 0.321 e. The lowest BCUT2D eigenvalue weighted by molar-refractivity contribution is -0.142.